The normalized spacial score (nSPS) is 13.4. The molecule has 1 amide bonds. The van der Waals surface area contributed by atoms with Crippen molar-refractivity contribution in [2.24, 2.45) is 0 Å². The average molecular weight is 326 g/mol. The van der Waals surface area contributed by atoms with Crippen molar-refractivity contribution in [2.75, 3.05) is 4.90 Å². The number of aromatic nitrogens is 1. The second-order valence-electron chi connectivity index (χ2n) is 5.80. The van der Waals surface area contributed by atoms with E-state index in [2.05, 4.69) is 4.98 Å². The SMILES string of the molecule is Cc1cc(C(=O)O)cc(N(C(=O)OCc2ccccc2)C2CC2)n1. The van der Waals surface area contributed by atoms with Crippen molar-refractivity contribution in [3.63, 3.8) is 0 Å². The van der Waals surface area contributed by atoms with Crippen LogP contribution in [0.1, 0.15) is 34.5 Å². The number of pyridine rings is 1. The number of aromatic carboxylic acids is 1. The molecule has 1 aliphatic rings. The lowest BCUT2D eigenvalue weighted by molar-refractivity contribution is 0.0696. The first-order chi connectivity index (χ1) is 11.5. The Morgan fingerprint density at radius 1 is 1.25 bits per heavy atom. The second kappa shape index (κ2) is 6.70. The van der Waals surface area contributed by atoms with Gasteiger partial charge in [0, 0.05) is 11.7 Å². The van der Waals surface area contributed by atoms with Gasteiger partial charge in [0.2, 0.25) is 0 Å². The van der Waals surface area contributed by atoms with Gasteiger partial charge in [-0.1, -0.05) is 30.3 Å². The van der Waals surface area contributed by atoms with E-state index >= 15 is 0 Å². The number of carbonyl (C=O) groups is 2. The van der Waals surface area contributed by atoms with Gasteiger partial charge in [-0.3, -0.25) is 4.90 Å². The summed E-state index contributed by atoms with van der Waals surface area (Å²) >= 11 is 0. The molecular weight excluding hydrogens is 308 g/mol. The minimum atomic E-state index is -1.05. The Bertz CT molecular complexity index is 757. The number of amides is 1. The van der Waals surface area contributed by atoms with E-state index in [0.29, 0.717) is 11.5 Å². The summed E-state index contributed by atoms with van der Waals surface area (Å²) in [5, 5.41) is 9.20. The highest BCUT2D eigenvalue weighted by molar-refractivity contribution is 5.92. The number of aryl methyl sites for hydroxylation is 1. The maximum Gasteiger partial charge on any atom is 0.416 e. The zero-order valence-electron chi connectivity index (χ0n) is 13.3. The van der Waals surface area contributed by atoms with E-state index in [1.807, 2.05) is 30.3 Å². The standard InChI is InChI=1S/C18H18N2O4/c1-12-9-14(17(21)22)10-16(19-12)20(15-7-8-15)18(23)24-11-13-5-3-2-4-6-13/h2-6,9-10,15H,7-8,11H2,1H3,(H,21,22). The van der Waals surface area contributed by atoms with Crippen molar-refractivity contribution in [3.05, 3.63) is 59.3 Å². The first kappa shape index (κ1) is 16.0. The molecule has 0 atom stereocenters. The first-order valence-corrected chi connectivity index (χ1v) is 7.76. The predicted octanol–water partition coefficient (Wildman–Crippen LogP) is 3.39. The van der Waals surface area contributed by atoms with Crippen molar-refractivity contribution >= 4 is 17.9 Å². The van der Waals surface area contributed by atoms with Crippen LogP contribution < -0.4 is 4.90 Å². The molecule has 1 aromatic heterocycles. The molecule has 1 fully saturated rings. The molecule has 1 heterocycles. The Morgan fingerprint density at radius 2 is 1.96 bits per heavy atom. The van der Waals surface area contributed by atoms with Crippen LogP contribution in [0, 0.1) is 6.92 Å². The zero-order valence-corrected chi connectivity index (χ0v) is 13.3. The van der Waals surface area contributed by atoms with E-state index in [-0.39, 0.29) is 18.2 Å². The smallest absolute Gasteiger partial charge is 0.416 e. The van der Waals surface area contributed by atoms with Gasteiger partial charge in [0.1, 0.15) is 12.4 Å². The molecule has 0 unspecified atom stereocenters. The third kappa shape index (κ3) is 3.71. The van der Waals surface area contributed by atoms with Crippen LogP contribution in [-0.4, -0.2) is 28.2 Å². The van der Waals surface area contributed by atoms with Crippen LogP contribution in [0.4, 0.5) is 10.6 Å². The number of ether oxygens (including phenoxy) is 1. The number of rotatable bonds is 5. The number of carboxylic acid groups (broad SMARTS) is 1. The minimum absolute atomic E-state index is 0.0178. The van der Waals surface area contributed by atoms with Crippen LogP contribution in [0.15, 0.2) is 42.5 Å². The molecule has 1 aromatic carbocycles. The maximum absolute atomic E-state index is 12.5. The molecule has 1 saturated carbocycles. The molecule has 0 bridgehead atoms. The van der Waals surface area contributed by atoms with Gasteiger partial charge >= 0.3 is 12.1 Å². The van der Waals surface area contributed by atoms with E-state index in [1.165, 1.54) is 17.0 Å². The van der Waals surface area contributed by atoms with Gasteiger partial charge < -0.3 is 9.84 Å². The molecule has 0 spiro atoms. The summed E-state index contributed by atoms with van der Waals surface area (Å²) in [5.41, 5.74) is 1.55. The van der Waals surface area contributed by atoms with Gasteiger partial charge in [-0.05, 0) is 37.5 Å². The van der Waals surface area contributed by atoms with Crippen LogP contribution in [0.3, 0.4) is 0 Å². The molecule has 124 valence electrons. The molecule has 3 rings (SSSR count). The quantitative estimate of drug-likeness (QED) is 0.911. The molecule has 0 aliphatic heterocycles. The summed E-state index contributed by atoms with van der Waals surface area (Å²) in [7, 11) is 0. The molecule has 6 heteroatoms. The van der Waals surface area contributed by atoms with Crippen LogP contribution in [0.2, 0.25) is 0 Å². The highest BCUT2D eigenvalue weighted by Gasteiger charge is 2.36. The van der Waals surface area contributed by atoms with Crippen LogP contribution >= 0.6 is 0 Å². The fourth-order valence-electron chi connectivity index (χ4n) is 2.45. The van der Waals surface area contributed by atoms with E-state index in [1.54, 1.807) is 6.92 Å². The Labute approximate surface area is 139 Å². The summed E-state index contributed by atoms with van der Waals surface area (Å²) in [4.78, 5) is 29.5. The lowest BCUT2D eigenvalue weighted by Crippen LogP contribution is -2.34. The Balaban J connectivity index is 1.80. The van der Waals surface area contributed by atoms with Gasteiger partial charge in [0.15, 0.2) is 0 Å². The lowest BCUT2D eigenvalue weighted by Gasteiger charge is -2.21. The van der Waals surface area contributed by atoms with Crippen molar-refractivity contribution < 1.29 is 19.4 Å². The Kier molecular flexibility index (Phi) is 4.46. The van der Waals surface area contributed by atoms with Crippen LogP contribution in [-0.2, 0) is 11.3 Å². The largest absolute Gasteiger partial charge is 0.478 e. The molecule has 2 aromatic rings. The molecule has 6 nitrogen and oxygen atoms in total. The van der Waals surface area contributed by atoms with Gasteiger partial charge in [0.25, 0.3) is 0 Å². The lowest BCUT2D eigenvalue weighted by atomic mass is 10.2. The number of carbonyl (C=O) groups excluding carboxylic acids is 1. The van der Waals surface area contributed by atoms with Crippen molar-refractivity contribution in [2.45, 2.75) is 32.4 Å². The molecule has 1 aliphatic carbocycles. The van der Waals surface area contributed by atoms with E-state index < -0.39 is 12.1 Å². The number of benzene rings is 1. The summed E-state index contributed by atoms with van der Waals surface area (Å²) < 4.78 is 5.39. The highest BCUT2D eigenvalue weighted by atomic mass is 16.6. The average Bonchev–Trinajstić information content (AvgIpc) is 3.38. The summed E-state index contributed by atoms with van der Waals surface area (Å²) in [6.07, 6.45) is 1.22. The maximum atomic E-state index is 12.5. The number of hydrogen-bond donors (Lipinski definition) is 1. The fourth-order valence-corrected chi connectivity index (χ4v) is 2.45. The summed E-state index contributed by atoms with van der Waals surface area (Å²) in [6, 6.07) is 12.3. The second-order valence-corrected chi connectivity index (χ2v) is 5.80. The Morgan fingerprint density at radius 3 is 2.58 bits per heavy atom. The summed E-state index contributed by atoms with van der Waals surface area (Å²) in [6.45, 7) is 1.87. The van der Waals surface area contributed by atoms with Gasteiger partial charge in [-0.15, -0.1) is 0 Å². The van der Waals surface area contributed by atoms with Crippen molar-refractivity contribution in [3.8, 4) is 0 Å². The third-order valence-corrected chi connectivity index (χ3v) is 3.75. The fraction of sp³-hybridized carbons (Fsp3) is 0.278. The van der Waals surface area contributed by atoms with Gasteiger partial charge in [-0.25, -0.2) is 14.6 Å². The minimum Gasteiger partial charge on any atom is -0.478 e. The highest BCUT2D eigenvalue weighted by Crippen LogP contribution is 2.32. The number of hydrogen-bond acceptors (Lipinski definition) is 4. The monoisotopic (exact) mass is 326 g/mol. The van der Waals surface area contributed by atoms with Crippen LogP contribution in [0.5, 0.6) is 0 Å². The topological polar surface area (TPSA) is 79.7 Å². The zero-order chi connectivity index (χ0) is 17.1. The van der Waals surface area contributed by atoms with Gasteiger partial charge in [0.05, 0.1) is 5.56 Å². The van der Waals surface area contributed by atoms with E-state index in [4.69, 9.17) is 4.74 Å². The number of anilines is 1. The molecular formula is C18H18N2O4. The predicted molar refractivity (Wildman–Crippen MR) is 88.1 cm³/mol. The van der Waals surface area contributed by atoms with Crippen LogP contribution in [0.25, 0.3) is 0 Å². The first-order valence-electron chi connectivity index (χ1n) is 7.76. The number of carboxylic acids is 1. The van der Waals surface area contributed by atoms with Crippen molar-refractivity contribution in [1.82, 2.24) is 4.98 Å². The summed E-state index contributed by atoms with van der Waals surface area (Å²) in [5.74, 6) is -0.719. The molecule has 24 heavy (non-hydrogen) atoms. The molecule has 0 radical (unpaired) electrons. The molecule has 0 saturated heterocycles. The van der Waals surface area contributed by atoms with E-state index in [0.717, 1.165) is 18.4 Å². The van der Waals surface area contributed by atoms with E-state index in [9.17, 15) is 14.7 Å². The molecule has 1 N–H and O–H groups in total. The Hall–Kier alpha value is -2.89. The third-order valence-electron chi connectivity index (χ3n) is 3.75. The van der Waals surface area contributed by atoms with Gasteiger partial charge in [-0.2, -0.15) is 0 Å². The number of nitrogens with zero attached hydrogens (tertiary/aromatic N) is 2. The van der Waals surface area contributed by atoms with Crippen molar-refractivity contribution in [1.29, 1.82) is 0 Å².